The van der Waals surface area contributed by atoms with Crippen molar-refractivity contribution >= 4 is 53.4 Å². The summed E-state index contributed by atoms with van der Waals surface area (Å²) < 4.78 is 9.18. The third-order valence-electron chi connectivity index (χ3n) is 9.37. The minimum absolute atomic E-state index is 0.572. The van der Waals surface area contributed by atoms with Crippen LogP contribution in [0.1, 0.15) is 0 Å². The van der Waals surface area contributed by atoms with E-state index in [9.17, 15) is 0 Å². The number of rotatable bonds is 5. The van der Waals surface area contributed by atoms with E-state index in [4.69, 9.17) is 19.4 Å². The molecule has 0 unspecified atom stereocenters. The number of furan rings is 1. The van der Waals surface area contributed by atoms with Gasteiger partial charge in [-0.15, -0.1) is 11.3 Å². The highest BCUT2D eigenvalue weighted by Crippen LogP contribution is 2.44. The fourth-order valence-electron chi connectivity index (χ4n) is 7.02. The lowest BCUT2D eigenvalue weighted by atomic mass is 10.0. The first kappa shape index (κ1) is 28.6. The number of hydrogen-bond acceptors (Lipinski definition) is 5. The van der Waals surface area contributed by atoms with E-state index in [1.165, 1.54) is 26.6 Å². The second-order valence-electron chi connectivity index (χ2n) is 12.3. The Morgan fingerprint density at radius 3 is 1.36 bits per heavy atom. The average molecular weight is 658 g/mol. The maximum Gasteiger partial charge on any atom is 0.167 e. The maximum absolute atomic E-state index is 6.78. The molecular weight excluding hydrogens is 631 g/mol. The number of benzene rings is 7. The van der Waals surface area contributed by atoms with E-state index in [-0.39, 0.29) is 0 Å². The Balaban J connectivity index is 1.22. The zero-order valence-electron chi connectivity index (χ0n) is 26.7. The van der Waals surface area contributed by atoms with Crippen molar-refractivity contribution in [2.45, 2.75) is 0 Å². The van der Waals surface area contributed by atoms with Crippen LogP contribution in [0, 0.1) is 0 Å². The molecule has 4 nitrogen and oxygen atoms in total. The van der Waals surface area contributed by atoms with Gasteiger partial charge >= 0.3 is 0 Å². The molecule has 0 bridgehead atoms. The molecule has 0 aliphatic heterocycles. The van der Waals surface area contributed by atoms with Gasteiger partial charge in [0.25, 0.3) is 0 Å². The van der Waals surface area contributed by atoms with Gasteiger partial charge in [0.05, 0.1) is 5.56 Å². The monoisotopic (exact) mass is 657 g/mol. The van der Waals surface area contributed by atoms with Crippen LogP contribution in [0.2, 0.25) is 0 Å². The highest BCUT2D eigenvalue weighted by Gasteiger charge is 2.21. The molecule has 10 aromatic rings. The smallest absolute Gasteiger partial charge is 0.167 e. The van der Waals surface area contributed by atoms with Crippen molar-refractivity contribution in [2.24, 2.45) is 0 Å². The number of aromatic nitrogens is 3. The molecule has 0 amide bonds. The van der Waals surface area contributed by atoms with Crippen LogP contribution >= 0.6 is 11.3 Å². The summed E-state index contributed by atoms with van der Waals surface area (Å²) in [4.78, 5) is 15.5. The van der Waals surface area contributed by atoms with Gasteiger partial charge in [0.2, 0.25) is 0 Å². The second kappa shape index (κ2) is 11.6. The minimum Gasteiger partial charge on any atom is -0.455 e. The number of hydrogen-bond donors (Lipinski definition) is 0. The van der Waals surface area contributed by atoms with Crippen LogP contribution in [0.5, 0.6) is 0 Å². The zero-order valence-corrected chi connectivity index (χ0v) is 27.6. The third kappa shape index (κ3) is 4.63. The summed E-state index contributed by atoms with van der Waals surface area (Å²) in [6.07, 6.45) is 0. The summed E-state index contributed by atoms with van der Waals surface area (Å²) in [7, 11) is 0. The van der Waals surface area contributed by atoms with E-state index in [0.717, 1.165) is 54.5 Å². The fraction of sp³-hybridized carbons (Fsp3) is 0. The Morgan fingerprint density at radius 2 is 0.740 bits per heavy atom. The predicted molar refractivity (Wildman–Crippen MR) is 207 cm³/mol. The van der Waals surface area contributed by atoms with Gasteiger partial charge in [-0.25, -0.2) is 15.0 Å². The van der Waals surface area contributed by atoms with Crippen LogP contribution in [0.3, 0.4) is 0 Å². The molecule has 5 heteroatoms. The zero-order chi connectivity index (χ0) is 33.0. The van der Waals surface area contributed by atoms with Gasteiger partial charge in [0.1, 0.15) is 11.2 Å². The van der Waals surface area contributed by atoms with Gasteiger partial charge in [-0.2, -0.15) is 0 Å². The molecule has 3 heterocycles. The molecule has 234 valence electrons. The number of nitrogens with zero attached hydrogens (tertiary/aromatic N) is 3. The average Bonchev–Trinajstić information content (AvgIpc) is 3.78. The van der Waals surface area contributed by atoms with Crippen molar-refractivity contribution in [2.75, 3.05) is 0 Å². The van der Waals surface area contributed by atoms with Gasteiger partial charge in [0, 0.05) is 47.6 Å². The minimum atomic E-state index is 0.572. The van der Waals surface area contributed by atoms with Gasteiger partial charge < -0.3 is 4.42 Å². The van der Waals surface area contributed by atoms with Crippen LogP contribution in [0.25, 0.3) is 98.5 Å². The molecule has 0 saturated carbocycles. The standard InChI is InChI=1S/C45H27N3OS/c1-4-14-28(15-5-1)31-20-10-22-33-34-23-12-26-37(40(34)49-39(31)33)44-46-43(30-18-8-3-9-19-30)47-45(48-44)38-27-13-25-36-35-24-11-21-32(41(35)50-42(36)38)29-16-6-2-7-17-29/h1-27H. The molecule has 0 spiro atoms. The van der Waals surface area contributed by atoms with Crippen molar-refractivity contribution in [1.29, 1.82) is 0 Å². The summed E-state index contributed by atoms with van der Waals surface area (Å²) in [5.74, 6) is 1.82. The summed E-state index contributed by atoms with van der Waals surface area (Å²) in [5, 5.41) is 4.51. The Kier molecular flexibility index (Phi) is 6.64. The van der Waals surface area contributed by atoms with E-state index < -0.39 is 0 Å². The second-order valence-corrected chi connectivity index (χ2v) is 13.4. The van der Waals surface area contributed by atoms with Crippen LogP contribution in [-0.4, -0.2) is 15.0 Å². The molecule has 0 fully saturated rings. The van der Waals surface area contributed by atoms with Crippen molar-refractivity contribution in [1.82, 2.24) is 15.0 Å². The largest absolute Gasteiger partial charge is 0.455 e. The molecule has 7 aromatic carbocycles. The first-order valence-corrected chi connectivity index (χ1v) is 17.4. The molecule has 10 rings (SSSR count). The number of para-hydroxylation sites is 2. The van der Waals surface area contributed by atoms with Crippen LogP contribution < -0.4 is 0 Å². The lowest BCUT2D eigenvalue weighted by Crippen LogP contribution is -2.00. The number of thiophene rings is 1. The fourth-order valence-corrected chi connectivity index (χ4v) is 8.36. The topological polar surface area (TPSA) is 51.8 Å². The normalized spacial score (nSPS) is 11.6. The highest BCUT2D eigenvalue weighted by atomic mass is 32.1. The summed E-state index contributed by atoms with van der Waals surface area (Å²) >= 11 is 1.79. The highest BCUT2D eigenvalue weighted by molar-refractivity contribution is 7.26. The molecular formula is C45H27N3OS. The van der Waals surface area contributed by atoms with Crippen LogP contribution in [0.4, 0.5) is 0 Å². The quantitative estimate of drug-likeness (QED) is 0.185. The van der Waals surface area contributed by atoms with Gasteiger partial charge in [0.15, 0.2) is 17.5 Å². The molecule has 0 aliphatic carbocycles. The van der Waals surface area contributed by atoms with Gasteiger partial charge in [-0.1, -0.05) is 152 Å². The van der Waals surface area contributed by atoms with Crippen molar-refractivity contribution < 1.29 is 4.42 Å². The van der Waals surface area contributed by atoms with E-state index in [0.29, 0.717) is 17.5 Å². The Bertz CT molecular complexity index is 2680. The van der Waals surface area contributed by atoms with Gasteiger partial charge in [-0.05, 0) is 28.8 Å². The molecule has 50 heavy (non-hydrogen) atoms. The van der Waals surface area contributed by atoms with Crippen molar-refractivity contribution in [3.8, 4) is 56.4 Å². The molecule has 3 aromatic heterocycles. The lowest BCUT2D eigenvalue weighted by Gasteiger charge is -2.09. The SMILES string of the molecule is c1ccc(-c2nc(-c3cccc4c3oc3c(-c5ccccc5)cccc34)nc(-c3cccc4c3sc3c(-c5ccccc5)cccc34)n2)cc1. The Morgan fingerprint density at radius 1 is 0.320 bits per heavy atom. The predicted octanol–water partition coefficient (Wildman–Crippen LogP) is 12.5. The van der Waals surface area contributed by atoms with E-state index in [1.54, 1.807) is 11.3 Å². The van der Waals surface area contributed by atoms with Crippen LogP contribution in [-0.2, 0) is 0 Å². The van der Waals surface area contributed by atoms with E-state index >= 15 is 0 Å². The molecule has 0 N–H and O–H groups in total. The molecule has 0 saturated heterocycles. The molecule has 0 atom stereocenters. The van der Waals surface area contributed by atoms with E-state index in [2.05, 4.69) is 121 Å². The number of fused-ring (bicyclic) bond motifs is 6. The Hall–Kier alpha value is -6.43. The lowest BCUT2D eigenvalue weighted by molar-refractivity contribution is 0.670. The summed E-state index contributed by atoms with van der Waals surface area (Å²) in [6.45, 7) is 0. The van der Waals surface area contributed by atoms with E-state index in [1.807, 2.05) is 42.5 Å². The van der Waals surface area contributed by atoms with Crippen LogP contribution in [0.15, 0.2) is 168 Å². The first-order chi connectivity index (χ1) is 24.8. The third-order valence-corrected chi connectivity index (χ3v) is 10.7. The van der Waals surface area contributed by atoms with Gasteiger partial charge in [-0.3, -0.25) is 0 Å². The summed E-state index contributed by atoms with van der Waals surface area (Å²) in [5.41, 5.74) is 8.93. The summed E-state index contributed by atoms with van der Waals surface area (Å²) in [6, 6.07) is 56.6. The van der Waals surface area contributed by atoms with Crippen molar-refractivity contribution in [3.63, 3.8) is 0 Å². The Labute approximate surface area is 292 Å². The maximum atomic E-state index is 6.78. The molecule has 0 aliphatic rings. The first-order valence-electron chi connectivity index (χ1n) is 16.6. The van der Waals surface area contributed by atoms with Crippen molar-refractivity contribution in [3.05, 3.63) is 164 Å². The molecule has 0 radical (unpaired) electrons.